The molecule has 0 spiro atoms. The van der Waals surface area contributed by atoms with E-state index in [9.17, 15) is 14.3 Å². The number of carbonyl (C=O) groups excluding carboxylic acids is 1. The van der Waals surface area contributed by atoms with Gasteiger partial charge in [-0.15, -0.1) is 0 Å². The summed E-state index contributed by atoms with van der Waals surface area (Å²) in [6, 6.07) is -0.853. The molecule has 0 aromatic heterocycles. The van der Waals surface area contributed by atoms with Crippen LogP contribution in [0.3, 0.4) is 0 Å². The highest BCUT2D eigenvalue weighted by atomic mass is 31.2. The van der Waals surface area contributed by atoms with Crippen LogP contribution in [0.4, 0.5) is 0 Å². The number of phosphoric acid groups is 1. The van der Waals surface area contributed by atoms with E-state index in [4.69, 9.17) is 4.52 Å². The summed E-state index contributed by atoms with van der Waals surface area (Å²) in [7, 11) is 4.04. The van der Waals surface area contributed by atoms with Gasteiger partial charge < -0.3 is 28.5 Å². The first-order valence-corrected chi connectivity index (χ1v) is 7.23. The normalized spacial score (nSPS) is 16.7. The highest BCUT2D eigenvalue weighted by Crippen LogP contribution is 2.38. The molecule has 0 aliphatic heterocycles. The van der Waals surface area contributed by atoms with E-state index in [1.54, 1.807) is 0 Å². The van der Waals surface area contributed by atoms with Crippen molar-refractivity contribution in [2.45, 2.75) is 6.04 Å². The van der Waals surface area contributed by atoms with Crippen molar-refractivity contribution in [1.29, 1.82) is 0 Å². The SMILES string of the molecule is CN[C@H](COP(=O)([O-])OCC[N+](C)(C)C)C(=O)OC. The summed E-state index contributed by atoms with van der Waals surface area (Å²) >= 11 is 0. The van der Waals surface area contributed by atoms with Crippen molar-refractivity contribution in [2.75, 3.05) is 55.1 Å². The van der Waals surface area contributed by atoms with Crippen molar-refractivity contribution in [2.24, 2.45) is 0 Å². The van der Waals surface area contributed by atoms with Gasteiger partial charge in [0, 0.05) is 0 Å². The second kappa shape index (κ2) is 7.94. The highest BCUT2D eigenvalue weighted by Gasteiger charge is 2.21. The van der Waals surface area contributed by atoms with Gasteiger partial charge in [0.2, 0.25) is 0 Å². The van der Waals surface area contributed by atoms with E-state index in [1.165, 1.54) is 14.2 Å². The lowest BCUT2D eigenvalue weighted by molar-refractivity contribution is -0.870. The quantitative estimate of drug-likeness (QED) is 0.330. The van der Waals surface area contributed by atoms with Crippen molar-refractivity contribution >= 4 is 13.8 Å². The van der Waals surface area contributed by atoms with Crippen LogP contribution in [0.15, 0.2) is 0 Å². The monoisotopic (exact) mass is 298 g/mol. The molecule has 0 aromatic rings. The third-order valence-electron chi connectivity index (χ3n) is 2.24. The fraction of sp³-hybridized carbons (Fsp3) is 0.900. The summed E-state index contributed by atoms with van der Waals surface area (Å²) in [5.74, 6) is -0.603. The van der Waals surface area contributed by atoms with Crippen LogP contribution in [-0.4, -0.2) is 71.6 Å². The summed E-state index contributed by atoms with van der Waals surface area (Å²) < 4.78 is 25.8. The van der Waals surface area contributed by atoms with Crippen LogP contribution >= 0.6 is 7.82 Å². The first-order chi connectivity index (χ1) is 8.61. The Hall–Kier alpha value is -0.500. The van der Waals surface area contributed by atoms with E-state index in [0.717, 1.165) is 0 Å². The number of quaternary nitrogens is 1. The maximum absolute atomic E-state index is 11.4. The highest BCUT2D eigenvalue weighted by molar-refractivity contribution is 7.45. The average molecular weight is 298 g/mol. The van der Waals surface area contributed by atoms with E-state index >= 15 is 0 Å². The number of likely N-dealkylation sites (N-methyl/N-ethyl adjacent to an activating group) is 2. The summed E-state index contributed by atoms with van der Waals surface area (Å²) in [4.78, 5) is 22.6. The smallest absolute Gasteiger partial charge is 0.325 e. The third-order valence-corrected chi connectivity index (χ3v) is 3.21. The summed E-state index contributed by atoms with van der Waals surface area (Å²) in [6.45, 7) is 0.170. The second-order valence-electron chi connectivity index (χ2n) is 4.95. The molecule has 19 heavy (non-hydrogen) atoms. The molecule has 0 saturated heterocycles. The number of esters is 1. The molecule has 0 amide bonds. The van der Waals surface area contributed by atoms with Crippen LogP contribution in [0.25, 0.3) is 0 Å². The lowest BCUT2D eigenvalue weighted by Gasteiger charge is -2.28. The predicted octanol–water partition coefficient (Wildman–Crippen LogP) is -1.04. The van der Waals surface area contributed by atoms with Crippen molar-refractivity contribution < 1.29 is 32.5 Å². The molecule has 0 bridgehead atoms. The number of hydrogen-bond acceptors (Lipinski definition) is 7. The van der Waals surface area contributed by atoms with Gasteiger partial charge >= 0.3 is 5.97 Å². The molecule has 8 nitrogen and oxygen atoms in total. The Morgan fingerprint density at radius 1 is 1.37 bits per heavy atom. The van der Waals surface area contributed by atoms with Crippen LogP contribution in [0, 0.1) is 0 Å². The summed E-state index contributed by atoms with van der Waals surface area (Å²) in [6.07, 6.45) is 0. The number of hydrogen-bond donors (Lipinski definition) is 1. The van der Waals surface area contributed by atoms with Gasteiger partial charge in [-0.3, -0.25) is 9.36 Å². The molecule has 2 atom stereocenters. The van der Waals surface area contributed by atoms with Crippen molar-refractivity contribution in [3.05, 3.63) is 0 Å². The molecule has 0 aromatic carbocycles. The van der Waals surface area contributed by atoms with E-state index in [1.807, 2.05) is 21.1 Å². The molecule has 114 valence electrons. The van der Waals surface area contributed by atoms with Crippen molar-refractivity contribution in [3.8, 4) is 0 Å². The van der Waals surface area contributed by atoms with E-state index in [0.29, 0.717) is 11.0 Å². The molecule has 0 radical (unpaired) electrons. The lowest BCUT2D eigenvalue weighted by atomic mass is 10.3. The Morgan fingerprint density at radius 3 is 2.37 bits per heavy atom. The number of nitrogens with one attached hydrogen (secondary N) is 1. The van der Waals surface area contributed by atoms with Gasteiger partial charge in [0.15, 0.2) is 0 Å². The zero-order valence-electron chi connectivity index (χ0n) is 12.0. The zero-order chi connectivity index (χ0) is 15.1. The lowest BCUT2D eigenvalue weighted by Crippen LogP contribution is -2.39. The Morgan fingerprint density at radius 2 is 1.95 bits per heavy atom. The van der Waals surface area contributed by atoms with E-state index in [-0.39, 0.29) is 13.2 Å². The molecule has 0 heterocycles. The van der Waals surface area contributed by atoms with E-state index in [2.05, 4.69) is 14.6 Å². The van der Waals surface area contributed by atoms with Crippen LogP contribution in [0.1, 0.15) is 0 Å². The topological polar surface area (TPSA) is 96.9 Å². The Balaban J connectivity index is 4.15. The Bertz CT molecular complexity index is 330. The molecule has 1 unspecified atom stereocenters. The number of ether oxygens (including phenoxy) is 1. The zero-order valence-corrected chi connectivity index (χ0v) is 12.9. The maximum Gasteiger partial charge on any atom is 0.325 e. The summed E-state index contributed by atoms with van der Waals surface area (Å²) in [5, 5.41) is 2.59. The average Bonchev–Trinajstić information content (AvgIpc) is 2.27. The van der Waals surface area contributed by atoms with E-state index < -0.39 is 19.8 Å². The van der Waals surface area contributed by atoms with Crippen LogP contribution in [0.2, 0.25) is 0 Å². The standard InChI is InChI=1S/C10H23N2O6P/c1-11-9(10(13)16-5)8-18-19(14,15)17-7-6-12(2,3)4/h9,11H,6-8H2,1-5H3/t9-/m1/s1. The fourth-order valence-electron chi connectivity index (χ4n) is 1.04. The first kappa shape index (κ1) is 18.5. The molecule has 9 heteroatoms. The van der Waals surface area contributed by atoms with Gasteiger partial charge in [0.25, 0.3) is 7.82 Å². The second-order valence-corrected chi connectivity index (χ2v) is 6.37. The number of rotatable bonds is 9. The third kappa shape index (κ3) is 9.10. The number of methoxy groups -OCH3 is 1. The van der Waals surface area contributed by atoms with Gasteiger partial charge in [0.05, 0.1) is 34.9 Å². The molecular weight excluding hydrogens is 275 g/mol. The first-order valence-electron chi connectivity index (χ1n) is 5.77. The predicted molar refractivity (Wildman–Crippen MR) is 67.3 cm³/mol. The number of phosphoric ester groups is 1. The van der Waals surface area contributed by atoms with Crippen LogP contribution in [-0.2, 0) is 23.1 Å². The number of nitrogens with zero attached hydrogens (tertiary/aromatic N) is 1. The van der Waals surface area contributed by atoms with Crippen molar-refractivity contribution in [3.63, 3.8) is 0 Å². The fourth-order valence-corrected chi connectivity index (χ4v) is 1.75. The number of carbonyl (C=O) groups is 1. The van der Waals surface area contributed by atoms with Gasteiger partial charge in [-0.05, 0) is 7.05 Å². The Labute approximate surface area is 113 Å². The molecule has 0 saturated carbocycles. The Kier molecular flexibility index (Phi) is 7.73. The minimum atomic E-state index is -4.40. The van der Waals surface area contributed by atoms with Gasteiger partial charge in [-0.2, -0.15) is 0 Å². The molecule has 1 N–H and O–H groups in total. The minimum absolute atomic E-state index is 0.0206. The van der Waals surface area contributed by atoms with Crippen molar-refractivity contribution in [1.82, 2.24) is 5.32 Å². The molecule has 0 aliphatic rings. The molecule has 0 rings (SSSR count). The largest absolute Gasteiger partial charge is 0.756 e. The summed E-state index contributed by atoms with van der Waals surface area (Å²) in [5.41, 5.74) is 0. The van der Waals surface area contributed by atoms with Crippen LogP contribution in [0.5, 0.6) is 0 Å². The minimum Gasteiger partial charge on any atom is -0.756 e. The maximum atomic E-state index is 11.4. The van der Waals surface area contributed by atoms with Crippen LogP contribution < -0.4 is 10.2 Å². The molecular formula is C10H23N2O6P. The van der Waals surface area contributed by atoms with Gasteiger partial charge in [0.1, 0.15) is 19.2 Å². The molecule has 0 fully saturated rings. The molecule has 0 aliphatic carbocycles. The van der Waals surface area contributed by atoms with Gasteiger partial charge in [-0.25, -0.2) is 0 Å². The van der Waals surface area contributed by atoms with Gasteiger partial charge in [-0.1, -0.05) is 0 Å².